The maximum atomic E-state index is 12.9. The van der Waals surface area contributed by atoms with Crippen LogP contribution in [0.25, 0.3) is 16.5 Å². The minimum absolute atomic E-state index is 0.135. The molecule has 1 nitrogen and oxygen atoms in total. The van der Waals surface area contributed by atoms with Crippen LogP contribution in [0.1, 0.15) is 18.2 Å². The van der Waals surface area contributed by atoms with Gasteiger partial charge >= 0.3 is 6.18 Å². The average Bonchev–Trinajstić information content (AvgIpc) is 2.66. The van der Waals surface area contributed by atoms with Crippen LogP contribution >= 0.6 is 0 Å². The molecule has 0 spiro atoms. The number of hydrogen-bond acceptors (Lipinski definition) is 1. The standard InChI is InChI=1S/C14H9F3O/c1-3-9-10-7-5-6-8-12(10)18-13(9)11(4-2)14(15,16)17/h1,4-8H,2H3/b11-4+. The van der Waals surface area contributed by atoms with Gasteiger partial charge in [-0.3, -0.25) is 0 Å². The van der Waals surface area contributed by atoms with E-state index in [9.17, 15) is 13.2 Å². The first kappa shape index (κ1) is 12.3. The lowest BCUT2D eigenvalue weighted by molar-refractivity contribution is -0.0700. The zero-order chi connectivity index (χ0) is 13.3. The minimum atomic E-state index is -4.49. The molecule has 0 N–H and O–H groups in total. The largest absolute Gasteiger partial charge is 0.455 e. The summed E-state index contributed by atoms with van der Waals surface area (Å²) in [6.45, 7) is 1.30. The highest BCUT2D eigenvalue weighted by molar-refractivity contribution is 5.90. The van der Waals surface area contributed by atoms with Gasteiger partial charge in [-0.2, -0.15) is 13.2 Å². The highest BCUT2D eigenvalue weighted by Crippen LogP contribution is 2.38. The maximum absolute atomic E-state index is 12.9. The molecule has 1 heterocycles. The normalized spacial score (nSPS) is 12.7. The van der Waals surface area contributed by atoms with Gasteiger partial charge in [-0.1, -0.05) is 24.1 Å². The number of allylic oxidation sites excluding steroid dienone is 2. The molecule has 1 aromatic heterocycles. The van der Waals surface area contributed by atoms with E-state index in [2.05, 4.69) is 5.92 Å². The summed E-state index contributed by atoms with van der Waals surface area (Å²) in [5.41, 5.74) is -0.369. The first-order valence-electron chi connectivity index (χ1n) is 5.21. The molecule has 0 atom stereocenters. The Bertz CT molecular complexity index is 654. The predicted octanol–water partition coefficient (Wildman–Crippen LogP) is 4.38. The van der Waals surface area contributed by atoms with Gasteiger partial charge in [0.15, 0.2) is 5.76 Å². The zero-order valence-corrected chi connectivity index (χ0v) is 9.51. The van der Waals surface area contributed by atoms with Gasteiger partial charge in [0, 0.05) is 5.39 Å². The summed E-state index contributed by atoms with van der Waals surface area (Å²) in [6.07, 6.45) is 1.76. The molecule has 0 radical (unpaired) electrons. The van der Waals surface area contributed by atoms with Crippen molar-refractivity contribution in [1.82, 2.24) is 0 Å². The van der Waals surface area contributed by atoms with Crippen molar-refractivity contribution in [2.75, 3.05) is 0 Å². The van der Waals surface area contributed by atoms with E-state index >= 15 is 0 Å². The molecule has 0 aliphatic rings. The van der Waals surface area contributed by atoms with E-state index in [1.165, 1.54) is 6.92 Å². The third-order valence-electron chi connectivity index (χ3n) is 2.58. The number of para-hydroxylation sites is 1. The van der Waals surface area contributed by atoms with E-state index in [1.54, 1.807) is 24.3 Å². The second-order valence-electron chi connectivity index (χ2n) is 3.65. The number of benzene rings is 1. The summed E-state index contributed by atoms with van der Waals surface area (Å²) < 4.78 is 43.8. The molecule has 0 unspecified atom stereocenters. The molecule has 0 fully saturated rings. The van der Waals surface area contributed by atoms with E-state index in [4.69, 9.17) is 10.8 Å². The van der Waals surface area contributed by atoms with Crippen molar-refractivity contribution in [3.8, 4) is 12.3 Å². The molecule has 92 valence electrons. The van der Waals surface area contributed by atoms with Gasteiger partial charge in [-0.15, -0.1) is 6.42 Å². The summed E-state index contributed by atoms with van der Waals surface area (Å²) in [5.74, 6) is 1.97. The summed E-state index contributed by atoms with van der Waals surface area (Å²) in [7, 11) is 0. The van der Waals surface area contributed by atoms with Crippen molar-refractivity contribution < 1.29 is 17.6 Å². The molecule has 0 amide bonds. The molecule has 4 heteroatoms. The molecule has 0 bridgehead atoms. The van der Waals surface area contributed by atoms with Gasteiger partial charge in [-0.05, 0) is 19.1 Å². The molecular weight excluding hydrogens is 241 g/mol. The molecular formula is C14H9F3O. The van der Waals surface area contributed by atoms with Crippen molar-refractivity contribution in [3.63, 3.8) is 0 Å². The summed E-state index contributed by atoms with van der Waals surface area (Å²) in [4.78, 5) is 0. The number of rotatable bonds is 1. The molecule has 0 saturated heterocycles. The van der Waals surface area contributed by atoms with Crippen LogP contribution in [0.5, 0.6) is 0 Å². The van der Waals surface area contributed by atoms with E-state index < -0.39 is 11.7 Å². The van der Waals surface area contributed by atoms with Crippen LogP contribution in [-0.4, -0.2) is 6.18 Å². The first-order valence-corrected chi connectivity index (χ1v) is 5.21. The van der Waals surface area contributed by atoms with Crippen LogP contribution in [0.3, 0.4) is 0 Å². The second kappa shape index (κ2) is 4.26. The molecule has 0 saturated carbocycles. The smallest absolute Gasteiger partial charge is 0.419 e. The minimum Gasteiger partial charge on any atom is -0.455 e. The van der Waals surface area contributed by atoms with Gasteiger partial charge in [-0.25, -0.2) is 0 Å². The topological polar surface area (TPSA) is 13.1 Å². The Balaban J connectivity index is 2.76. The van der Waals surface area contributed by atoms with Crippen LogP contribution in [0.2, 0.25) is 0 Å². The number of halogens is 3. The number of furan rings is 1. The maximum Gasteiger partial charge on any atom is 0.419 e. The number of hydrogen-bond donors (Lipinski definition) is 0. The third kappa shape index (κ3) is 1.88. The van der Waals surface area contributed by atoms with Gasteiger partial charge in [0.05, 0.1) is 11.1 Å². The van der Waals surface area contributed by atoms with Crippen LogP contribution in [0.4, 0.5) is 13.2 Å². The quantitative estimate of drug-likeness (QED) is 0.684. The van der Waals surface area contributed by atoms with Crippen molar-refractivity contribution in [3.05, 3.63) is 41.7 Å². The fourth-order valence-corrected chi connectivity index (χ4v) is 1.80. The van der Waals surface area contributed by atoms with E-state index in [0.29, 0.717) is 11.0 Å². The lowest BCUT2D eigenvalue weighted by Gasteiger charge is -2.08. The third-order valence-corrected chi connectivity index (χ3v) is 2.58. The predicted molar refractivity (Wildman–Crippen MR) is 63.9 cm³/mol. The highest BCUT2D eigenvalue weighted by Gasteiger charge is 2.37. The van der Waals surface area contributed by atoms with Gasteiger partial charge in [0.2, 0.25) is 0 Å². The Labute approximate surface area is 102 Å². The second-order valence-corrected chi connectivity index (χ2v) is 3.65. The monoisotopic (exact) mass is 250 g/mol. The van der Waals surface area contributed by atoms with Crippen LogP contribution in [-0.2, 0) is 0 Å². The molecule has 0 aliphatic heterocycles. The summed E-state index contributed by atoms with van der Waals surface area (Å²) in [6, 6.07) is 6.61. The van der Waals surface area contributed by atoms with Crippen molar-refractivity contribution in [1.29, 1.82) is 0 Å². The van der Waals surface area contributed by atoms with E-state index in [-0.39, 0.29) is 11.3 Å². The molecule has 0 aliphatic carbocycles. The fraction of sp³-hybridized carbons (Fsp3) is 0.143. The fourth-order valence-electron chi connectivity index (χ4n) is 1.80. The summed E-state index contributed by atoms with van der Waals surface area (Å²) >= 11 is 0. The Morgan fingerprint density at radius 1 is 1.33 bits per heavy atom. The molecule has 1 aromatic carbocycles. The SMILES string of the molecule is C#Cc1c(/C(=C\C)C(F)(F)F)oc2ccccc12. The highest BCUT2D eigenvalue weighted by atomic mass is 19.4. The van der Waals surface area contributed by atoms with E-state index in [0.717, 1.165) is 6.08 Å². The van der Waals surface area contributed by atoms with Crippen LogP contribution in [0.15, 0.2) is 34.8 Å². The summed E-state index contributed by atoms with van der Waals surface area (Å²) in [5, 5.41) is 0.513. The van der Waals surface area contributed by atoms with Crippen LogP contribution < -0.4 is 0 Å². The Hall–Kier alpha value is -2.15. The first-order chi connectivity index (χ1) is 8.49. The Morgan fingerprint density at radius 2 is 2.00 bits per heavy atom. The van der Waals surface area contributed by atoms with Crippen molar-refractivity contribution in [2.45, 2.75) is 13.1 Å². The number of alkyl halides is 3. The number of terminal acetylenes is 1. The van der Waals surface area contributed by atoms with Gasteiger partial charge in [0.1, 0.15) is 5.58 Å². The van der Waals surface area contributed by atoms with Crippen molar-refractivity contribution >= 4 is 16.5 Å². The Morgan fingerprint density at radius 3 is 2.56 bits per heavy atom. The van der Waals surface area contributed by atoms with E-state index in [1.807, 2.05) is 0 Å². The molecule has 2 aromatic rings. The van der Waals surface area contributed by atoms with Crippen molar-refractivity contribution in [2.24, 2.45) is 0 Å². The lowest BCUT2D eigenvalue weighted by atomic mass is 10.1. The van der Waals surface area contributed by atoms with Gasteiger partial charge < -0.3 is 4.42 Å². The lowest BCUT2D eigenvalue weighted by Crippen LogP contribution is -2.10. The zero-order valence-electron chi connectivity index (χ0n) is 9.51. The van der Waals surface area contributed by atoms with Crippen LogP contribution in [0, 0.1) is 12.3 Å². The Kier molecular flexibility index (Phi) is 2.92. The van der Waals surface area contributed by atoms with Gasteiger partial charge in [0.25, 0.3) is 0 Å². The average molecular weight is 250 g/mol. The molecule has 2 rings (SSSR count). The molecule has 18 heavy (non-hydrogen) atoms. The number of fused-ring (bicyclic) bond motifs is 1.